The monoisotopic (exact) mass is 318 g/mol. The lowest BCUT2D eigenvalue weighted by atomic mass is 10.2. The molecule has 1 amide bonds. The zero-order chi connectivity index (χ0) is 15.0. The van der Waals surface area contributed by atoms with Crippen LogP contribution in [0.5, 0.6) is 0 Å². The van der Waals surface area contributed by atoms with Gasteiger partial charge in [-0.05, 0) is 43.7 Å². The van der Waals surface area contributed by atoms with Crippen LogP contribution in [0.15, 0.2) is 33.8 Å². The molecule has 0 aliphatic carbocycles. The Balaban J connectivity index is 1.93. The Labute approximate surface area is 132 Å². The summed E-state index contributed by atoms with van der Waals surface area (Å²) in [5.41, 5.74) is 3.26. The third-order valence-electron chi connectivity index (χ3n) is 3.44. The molecule has 2 aromatic heterocycles. The normalized spacial score (nSPS) is 16.8. The Kier molecular flexibility index (Phi) is 3.73. The number of nitrogens with zero attached hydrogens (tertiary/aromatic N) is 1. The molecule has 0 radical (unpaired) electrons. The van der Waals surface area contributed by atoms with Gasteiger partial charge in [-0.15, -0.1) is 0 Å². The number of hydrogen-bond acceptors (Lipinski definition) is 4. The van der Waals surface area contributed by atoms with Crippen LogP contribution in [0.2, 0.25) is 0 Å². The molecule has 3 rings (SSSR count). The maximum absolute atomic E-state index is 11.7. The number of carbonyl (C=O) groups excluding carboxylic acids is 1. The second-order valence-corrected chi connectivity index (χ2v) is 6.56. The Bertz CT molecular complexity index is 742. The Morgan fingerprint density at radius 2 is 2.29 bits per heavy atom. The van der Waals surface area contributed by atoms with Crippen LogP contribution in [0.4, 0.5) is 0 Å². The lowest BCUT2D eigenvalue weighted by Crippen LogP contribution is -2.17. The number of aryl methyl sites for hydroxylation is 1. The number of carbonyl (C=O) groups is 1. The van der Waals surface area contributed by atoms with Gasteiger partial charge in [-0.3, -0.25) is 4.79 Å². The van der Waals surface area contributed by atoms with E-state index in [0.717, 1.165) is 22.7 Å². The Morgan fingerprint density at radius 1 is 1.48 bits per heavy atom. The molecule has 0 unspecified atom stereocenters. The number of rotatable bonds is 3. The van der Waals surface area contributed by atoms with Crippen molar-refractivity contribution in [1.82, 2.24) is 9.88 Å². The maximum Gasteiger partial charge on any atom is 0.263 e. The minimum atomic E-state index is -0.124. The van der Waals surface area contributed by atoms with Crippen LogP contribution in [-0.2, 0) is 11.3 Å². The number of nitrogens with one attached hydrogen (secondary N) is 1. The molecule has 6 heteroatoms. The van der Waals surface area contributed by atoms with Gasteiger partial charge >= 0.3 is 0 Å². The molecule has 1 fully saturated rings. The van der Waals surface area contributed by atoms with E-state index in [2.05, 4.69) is 16.0 Å². The molecule has 0 bridgehead atoms. The molecule has 4 nitrogen and oxygen atoms in total. The lowest BCUT2D eigenvalue weighted by molar-refractivity contribution is -0.115. The summed E-state index contributed by atoms with van der Waals surface area (Å²) in [5, 5.41) is 2.63. The van der Waals surface area contributed by atoms with Gasteiger partial charge in [0.25, 0.3) is 5.91 Å². The molecule has 21 heavy (non-hydrogen) atoms. The van der Waals surface area contributed by atoms with E-state index in [9.17, 15) is 4.79 Å². The Morgan fingerprint density at radius 3 is 2.90 bits per heavy atom. The van der Waals surface area contributed by atoms with Gasteiger partial charge < -0.3 is 14.3 Å². The number of furan rings is 1. The largest absolute Gasteiger partial charge is 0.467 e. The summed E-state index contributed by atoms with van der Waals surface area (Å²) in [6.45, 7) is 4.77. The molecule has 1 aliphatic heterocycles. The highest BCUT2D eigenvalue weighted by atomic mass is 32.2. The summed E-state index contributed by atoms with van der Waals surface area (Å²) in [7, 11) is 0. The van der Waals surface area contributed by atoms with Crippen LogP contribution in [0.1, 0.15) is 22.7 Å². The third-order valence-corrected chi connectivity index (χ3v) is 4.60. The van der Waals surface area contributed by atoms with Gasteiger partial charge in [0, 0.05) is 11.4 Å². The van der Waals surface area contributed by atoms with Gasteiger partial charge in [-0.25, -0.2) is 0 Å². The van der Waals surface area contributed by atoms with Gasteiger partial charge in [-0.1, -0.05) is 24.0 Å². The highest BCUT2D eigenvalue weighted by molar-refractivity contribution is 8.26. The lowest BCUT2D eigenvalue weighted by Gasteiger charge is -2.07. The van der Waals surface area contributed by atoms with E-state index in [-0.39, 0.29) is 5.91 Å². The molecule has 0 saturated carbocycles. The van der Waals surface area contributed by atoms with Crippen LogP contribution in [0.25, 0.3) is 6.08 Å². The fourth-order valence-electron chi connectivity index (χ4n) is 2.34. The van der Waals surface area contributed by atoms with Crippen molar-refractivity contribution in [3.05, 3.63) is 52.1 Å². The average Bonchev–Trinajstić information content (AvgIpc) is 3.10. The minimum Gasteiger partial charge on any atom is -0.467 e. The summed E-state index contributed by atoms with van der Waals surface area (Å²) in [5.74, 6) is 0.783. The van der Waals surface area contributed by atoms with E-state index in [4.69, 9.17) is 16.6 Å². The summed E-state index contributed by atoms with van der Waals surface area (Å²) in [4.78, 5) is 12.4. The van der Waals surface area contributed by atoms with Crippen LogP contribution >= 0.6 is 24.0 Å². The van der Waals surface area contributed by atoms with Gasteiger partial charge in [-0.2, -0.15) is 0 Å². The molecular formula is C15H14N2O2S2. The fraction of sp³-hybridized carbons (Fsp3) is 0.200. The smallest absolute Gasteiger partial charge is 0.263 e. The van der Waals surface area contributed by atoms with Crippen molar-refractivity contribution in [3.8, 4) is 0 Å². The molecule has 1 aliphatic rings. The zero-order valence-electron chi connectivity index (χ0n) is 11.7. The van der Waals surface area contributed by atoms with Gasteiger partial charge in [0.1, 0.15) is 10.1 Å². The highest BCUT2D eigenvalue weighted by Crippen LogP contribution is 2.28. The second-order valence-electron chi connectivity index (χ2n) is 4.84. The molecule has 3 heterocycles. The van der Waals surface area contributed by atoms with E-state index in [1.807, 2.05) is 32.1 Å². The van der Waals surface area contributed by atoms with Gasteiger partial charge in [0.05, 0.1) is 17.7 Å². The molecular weight excluding hydrogens is 304 g/mol. The molecule has 0 atom stereocenters. The average molecular weight is 318 g/mol. The van der Waals surface area contributed by atoms with Crippen molar-refractivity contribution >= 4 is 40.3 Å². The molecule has 1 N–H and O–H groups in total. The summed E-state index contributed by atoms with van der Waals surface area (Å²) < 4.78 is 8.08. The van der Waals surface area contributed by atoms with E-state index < -0.39 is 0 Å². The number of hydrogen-bond donors (Lipinski definition) is 1. The van der Waals surface area contributed by atoms with Crippen molar-refractivity contribution in [2.24, 2.45) is 0 Å². The van der Waals surface area contributed by atoms with Crippen molar-refractivity contribution < 1.29 is 9.21 Å². The van der Waals surface area contributed by atoms with E-state index >= 15 is 0 Å². The first-order valence-corrected chi connectivity index (χ1v) is 7.71. The third kappa shape index (κ3) is 2.82. The fourth-order valence-corrected chi connectivity index (χ4v) is 3.37. The molecule has 0 aromatic carbocycles. The van der Waals surface area contributed by atoms with Crippen molar-refractivity contribution in [3.63, 3.8) is 0 Å². The van der Waals surface area contributed by atoms with Crippen molar-refractivity contribution in [1.29, 1.82) is 0 Å². The zero-order valence-corrected chi connectivity index (χ0v) is 13.3. The van der Waals surface area contributed by atoms with Crippen LogP contribution in [0.3, 0.4) is 0 Å². The highest BCUT2D eigenvalue weighted by Gasteiger charge is 2.22. The van der Waals surface area contributed by atoms with Crippen molar-refractivity contribution in [2.75, 3.05) is 0 Å². The first-order chi connectivity index (χ1) is 10.0. The molecule has 108 valence electrons. The van der Waals surface area contributed by atoms with E-state index in [0.29, 0.717) is 15.8 Å². The summed E-state index contributed by atoms with van der Waals surface area (Å²) >= 11 is 6.30. The van der Waals surface area contributed by atoms with E-state index in [1.54, 1.807) is 6.26 Å². The summed E-state index contributed by atoms with van der Waals surface area (Å²) in [6.07, 6.45) is 3.56. The van der Waals surface area contributed by atoms with Gasteiger partial charge in [0.15, 0.2) is 0 Å². The van der Waals surface area contributed by atoms with Crippen LogP contribution in [0, 0.1) is 13.8 Å². The first-order valence-electron chi connectivity index (χ1n) is 6.48. The molecule has 1 saturated heterocycles. The maximum atomic E-state index is 11.7. The standard InChI is InChI=1S/C15H14N2O2S2/c1-9-6-11(7-13-14(18)16-15(20)21-13)10(2)17(9)8-12-4-3-5-19-12/h3-7H,8H2,1-2H3,(H,16,18,20)/b13-7-. The minimum absolute atomic E-state index is 0.124. The second kappa shape index (κ2) is 5.54. The quantitative estimate of drug-likeness (QED) is 0.697. The molecule has 0 spiro atoms. The van der Waals surface area contributed by atoms with Gasteiger partial charge in [0.2, 0.25) is 0 Å². The number of amides is 1. The van der Waals surface area contributed by atoms with Crippen LogP contribution in [-0.4, -0.2) is 14.8 Å². The molecule has 2 aromatic rings. The van der Waals surface area contributed by atoms with E-state index in [1.165, 1.54) is 11.8 Å². The number of aromatic nitrogens is 1. The number of thiocarbonyl (C=S) groups is 1. The van der Waals surface area contributed by atoms with Crippen molar-refractivity contribution in [2.45, 2.75) is 20.4 Å². The number of thioether (sulfide) groups is 1. The summed E-state index contributed by atoms with van der Waals surface area (Å²) in [6, 6.07) is 5.91. The first kappa shape index (κ1) is 14.2. The predicted molar refractivity (Wildman–Crippen MR) is 88.0 cm³/mol. The predicted octanol–water partition coefficient (Wildman–Crippen LogP) is 3.24. The topological polar surface area (TPSA) is 47.2 Å². The van der Waals surface area contributed by atoms with Crippen LogP contribution < -0.4 is 5.32 Å². The SMILES string of the molecule is Cc1cc(/C=C2\SC(=S)NC2=O)c(C)n1Cc1ccco1. The Hall–Kier alpha value is -1.79.